The lowest BCUT2D eigenvalue weighted by Crippen LogP contribution is -2.15. The van der Waals surface area contributed by atoms with Crippen LogP contribution in [0, 0.1) is 9.39 Å². The van der Waals surface area contributed by atoms with Crippen molar-refractivity contribution in [1.29, 1.82) is 0 Å². The Morgan fingerprint density at radius 3 is 2.83 bits per heavy atom. The van der Waals surface area contributed by atoms with Crippen molar-refractivity contribution in [2.24, 2.45) is 0 Å². The molecule has 4 nitrogen and oxygen atoms in total. The van der Waals surface area contributed by atoms with E-state index in [1.807, 2.05) is 22.6 Å². The highest BCUT2D eigenvalue weighted by Gasteiger charge is 2.11. The molecule has 0 bridgehead atoms. The number of hydrogen-bond acceptors (Lipinski definition) is 3. The summed E-state index contributed by atoms with van der Waals surface area (Å²) in [5.74, 6) is -0.560. The minimum absolute atomic E-state index is 0.159. The zero-order valence-corrected chi connectivity index (χ0v) is 11.3. The van der Waals surface area contributed by atoms with Gasteiger partial charge in [-0.05, 0) is 52.9 Å². The molecule has 0 aliphatic heterocycles. The highest BCUT2D eigenvalue weighted by Crippen LogP contribution is 2.20. The normalized spacial score (nSPS) is 10.1. The third-order valence-electron chi connectivity index (χ3n) is 2.26. The Bertz CT molecular complexity index is 604. The number of carbonyl (C=O) groups excluding carboxylic acids is 1. The van der Waals surface area contributed by atoms with Gasteiger partial charge in [-0.3, -0.25) is 4.79 Å². The Hall–Kier alpha value is -1.70. The summed E-state index contributed by atoms with van der Waals surface area (Å²) in [5, 5.41) is 2.66. The average molecular weight is 357 g/mol. The average Bonchev–Trinajstić information content (AvgIpc) is 2.33. The molecule has 1 aromatic heterocycles. The highest BCUT2D eigenvalue weighted by atomic mass is 127. The number of aromatic nitrogens is 1. The summed E-state index contributed by atoms with van der Waals surface area (Å²) in [6.45, 7) is 0. The first kappa shape index (κ1) is 12.7. The van der Waals surface area contributed by atoms with Gasteiger partial charge in [0.2, 0.25) is 0 Å². The number of anilines is 2. The van der Waals surface area contributed by atoms with Crippen molar-refractivity contribution in [2.45, 2.75) is 0 Å². The molecule has 0 fully saturated rings. The van der Waals surface area contributed by atoms with Crippen molar-refractivity contribution in [3.63, 3.8) is 0 Å². The lowest BCUT2D eigenvalue weighted by molar-refractivity contribution is 0.102. The second kappa shape index (κ2) is 5.30. The summed E-state index contributed by atoms with van der Waals surface area (Å²) >= 11 is 1.95. The van der Waals surface area contributed by atoms with E-state index in [-0.39, 0.29) is 23.1 Å². The van der Waals surface area contributed by atoms with Crippen LogP contribution in [0.3, 0.4) is 0 Å². The fourth-order valence-electron chi connectivity index (χ4n) is 1.39. The summed E-state index contributed by atoms with van der Waals surface area (Å²) in [7, 11) is 0. The van der Waals surface area contributed by atoms with E-state index in [1.165, 1.54) is 24.4 Å². The Labute approximate surface area is 117 Å². The molecule has 3 N–H and O–H groups in total. The molecular weight excluding hydrogens is 348 g/mol. The molecule has 1 heterocycles. The number of nitrogens with zero attached hydrogens (tertiary/aromatic N) is 1. The Balaban J connectivity index is 2.24. The Morgan fingerprint density at radius 1 is 1.39 bits per heavy atom. The van der Waals surface area contributed by atoms with Gasteiger partial charge < -0.3 is 11.1 Å². The number of hydrogen-bond donors (Lipinski definition) is 2. The number of pyridine rings is 1. The molecule has 6 heteroatoms. The molecular formula is C12H9FIN3O. The van der Waals surface area contributed by atoms with E-state index in [0.717, 1.165) is 0 Å². The summed E-state index contributed by atoms with van der Waals surface area (Å²) in [4.78, 5) is 15.8. The molecule has 0 saturated carbocycles. The van der Waals surface area contributed by atoms with Gasteiger partial charge in [0.15, 0.2) is 0 Å². The van der Waals surface area contributed by atoms with Crippen LogP contribution in [0.1, 0.15) is 10.4 Å². The van der Waals surface area contributed by atoms with E-state index in [2.05, 4.69) is 10.3 Å². The predicted octanol–water partition coefficient (Wildman–Crippen LogP) is 2.66. The summed E-state index contributed by atoms with van der Waals surface area (Å²) < 4.78 is 13.5. The number of nitrogen functional groups attached to an aromatic ring is 1. The van der Waals surface area contributed by atoms with Gasteiger partial charge in [-0.1, -0.05) is 0 Å². The van der Waals surface area contributed by atoms with Crippen molar-refractivity contribution in [2.75, 3.05) is 11.1 Å². The Morgan fingerprint density at radius 2 is 2.17 bits per heavy atom. The van der Waals surface area contributed by atoms with Gasteiger partial charge in [0.25, 0.3) is 5.91 Å². The monoisotopic (exact) mass is 357 g/mol. The second-order valence-electron chi connectivity index (χ2n) is 3.51. The first-order chi connectivity index (χ1) is 8.58. The fourth-order valence-corrected chi connectivity index (χ4v) is 2.00. The van der Waals surface area contributed by atoms with Crippen LogP contribution in [-0.4, -0.2) is 10.9 Å². The minimum Gasteiger partial charge on any atom is -0.383 e. The summed E-state index contributed by atoms with van der Waals surface area (Å²) in [6.07, 6.45) is 1.51. The maximum absolute atomic E-state index is 12.9. The van der Waals surface area contributed by atoms with Gasteiger partial charge in [-0.15, -0.1) is 0 Å². The van der Waals surface area contributed by atoms with Crippen LogP contribution in [-0.2, 0) is 0 Å². The van der Waals surface area contributed by atoms with Gasteiger partial charge in [-0.25, -0.2) is 9.37 Å². The van der Waals surface area contributed by atoms with Gasteiger partial charge in [-0.2, -0.15) is 0 Å². The third kappa shape index (κ3) is 2.76. The Kier molecular flexibility index (Phi) is 3.75. The molecule has 0 aliphatic rings. The van der Waals surface area contributed by atoms with E-state index < -0.39 is 0 Å². The molecule has 0 atom stereocenters. The highest BCUT2D eigenvalue weighted by molar-refractivity contribution is 14.1. The van der Waals surface area contributed by atoms with Gasteiger partial charge in [0.05, 0.1) is 11.3 Å². The van der Waals surface area contributed by atoms with Gasteiger partial charge in [0, 0.05) is 9.77 Å². The smallest absolute Gasteiger partial charge is 0.259 e. The number of carbonyl (C=O) groups is 1. The van der Waals surface area contributed by atoms with E-state index in [0.29, 0.717) is 9.26 Å². The number of amides is 1. The van der Waals surface area contributed by atoms with Crippen molar-refractivity contribution in [3.05, 3.63) is 51.5 Å². The number of nitrogens with one attached hydrogen (secondary N) is 1. The number of benzene rings is 1. The number of nitrogens with two attached hydrogens (primary N) is 1. The van der Waals surface area contributed by atoms with Crippen molar-refractivity contribution in [3.8, 4) is 0 Å². The molecule has 0 saturated heterocycles. The largest absolute Gasteiger partial charge is 0.383 e. The van der Waals surface area contributed by atoms with E-state index in [9.17, 15) is 9.18 Å². The molecule has 0 spiro atoms. The van der Waals surface area contributed by atoms with E-state index in [4.69, 9.17) is 5.73 Å². The van der Waals surface area contributed by atoms with E-state index in [1.54, 1.807) is 12.1 Å². The lowest BCUT2D eigenvalue weighted by atomic mass is 10.2. The third-order valence-corrected chi connectivity index (χ3v) is 3.15. The quantitative estimate of drug-likeness (QED) is 0.813. The van der Waals surface area contributed by atoms with Crippen LogP contribution in [0.15, 0.2) is 36.5 Å². The van der Waals surface area contributed by atoms with Crippen LogP contribution < -0.4 is 11.1 Å². The van der Waals surface area contributed by atoms with E-state index >= 15 is 0 Å². The zero-order valence-electron chi connectivity index (χ0n) is 9.15. The maximum Gasteiger partial charge on any atom is 0.259 e. The molecule has 0 radical (unpaired) electrons. The van der Waals surface area contributed by atoms with Gasteiger partial charge in [0.1, 0.15) is 11.6 Å². The zero-order chi connectivity index (χ0) is 13.1. The molecule has 18 heavy (non-hydrogen) atoms. The molecule has 0 aliphatic carbocycles. The van der Waals surface area contributed by atoms with Crippen LogP contribution >= 0.6 is 22.6 Å². The topological polar surface area (TPSA) is 68.0 Å². The number of rotatable bonds is 2. The predicted molar refractivity (Wildman–Crippen MR) is 75.7 cm³/mol. The SMILES string of the molecule is Nc1ncccc1C(=O)Nc1ccc(F)cc1I. The fraction of sp³-hybridized carbons (Fsp3) is 0. The first-order valence-corrected chi connectivity index (χ1v) is 6.12. The van der Waals surface area contributed by atoms with Crippen LogP contribution in [0.4, 0.5) is 15.9 Å². The minimum atomic E-state index is -0.370. The van der Waals surface area contributed by atoms with Crippen LogP contribution in [0.2, 0.25) is 0 Å². The molecule has 0 unspecified atom stereocenters. The van der Waals surface area contributed by atoms with Crippen LogP contribution in [0.5, 0.6) is 0 Å². The lowest BCUT2D eigenvalue weighted by Gasteiger charge is -2.08. The molecule has 92 valence electrons. The first-order valence-electron chi connectivity index (χ1n) is 5.05. The second-order valence-corrected chi connectivity index (χ2v) is 4.68. The molecule has 2 rings (SSSR count). The summed E-state index contributed by atoms with van der Waals surface area (Å²) in [6, 6.07) is 7.32. The van der Waals surface area contributed by atoms with Gasteiger partial charge >= 0.3 is 0 Å². The maximum atomic E-state index is 12.9. The van der Waals surface area contributed by atoms with Crippen LogP contribution in [0.25, 0.3) is 0 Å². The van der Waals surface area contributed by atoms with Crippen molar-refractivity contribution < 1.29 is 9.18 Å². The molecule has 1 amide bonds. The summed E-state index contributed by atoms with van der Waals surface area (Å²) in [5.41, 5.74) is 6.43. The van der Waals surface area contributed by atoms with Crippen molar-refractivity contribution >= 4 is 40.0 Å². The molecule has 1 aromatic carbocycles. The molecule has 2 aromatic rings. The standard InChI is InChI=1S/C12H9FIN3O/c13-7-3-4-10(9(14)6-7)17-12(18)8-2-1-5-16-11(8)15/h1-6H,(H2,15,16)(H,17,18). The number of halogens is 2. The van der Waals surface area contributed by atoms with Crippen molar-refractivity contribution in [1.82, 2.24) is 4.98 Å².